The van der Waals surface area contributed by atoms with E-state index in [0.717, 1.165) is 11.3 Å². The fraction of sp³-hybridized carbons (Fsp3) is 0.0952. The van der Waals surface area contributed by atoms with Crippen LogP contribution in [0.3, 0.4) is 0 Å². The zero-order valence-corrected chi connectivity index (χ0v) is 15.5. The molecule has 1 heterocycles. The first kappa shape index (κ1) is 17.3. The highest BCUT2D eigenvalue weighted by Crippen LogP contribution is 2.43. The summed E-state index contributed by atoms with van der Waals surface area (Å²) in [4.78, 5) is 14.9. The van der Waals surface area contributed by atoms with E-state index in [1.54, 1.807) is 53.4 Å². The molecule has 1 amide bonds. The largest absolute Gasteiger partial charge is 0.330 e. The molecule has 1 aliphatic rings. The Bertz CT molecular complexity index is 1090. The van der Waals surface area contributed by atoms with Crippen molar-refractivity contribution in [1.29, 1.82) is 0 Å². The molecule has 1 aliphatic heterocycles. The van der Waals surface area contributed by atoms with Crippen LogP contribution in [-0.2, 0) is 14.6 Å². The molecular formula is C21H18N2O3S. The summed E-state index contributed by atoms with van der Waals surface area (Å²) in [5, 5.41) is 2.91. The molecule has 0 fully saturated rings. The zero-order valence-electron chi connectivity index (χ0n) is 14.7. The highest BCUT2D eigenvalue weighted by Gasteiger charge is 2.34. The van der Waals surface area contributed by atoms with Gasteiger partial charge in [-0.1, -0.05) is 42.5 Å². The zero-order chi connectivity index (χ0) is 19.0. The second-order valence-corrected chi connectivity index (χ2v) is 8.27. The van der Waals surface area contributed by atoms with Crippen molar-refractivity contribution in [2.24, 2.45) is 0 Å². The van der Waals surface area contributed by atoms with Crippen molar-refractivity contribution >= 4 is 32.8 Å². The molecule has 6 heteroatoms. The minimum Gasteiger partial charge on any atom is -0.330 e. The van der Waals surface area contributed by atoms with Gasteiger partial charge in [-0.25, -0.2) is 8.42 Å². The van der Waals surface area contributed by atoms with Crippen LogP contribution in [0.4, 0.5) is 17.1 Å². The van der Waals surface area contributed by atoms with Crippen molar-refractivity contribution in [1.82, 2.24) is 0 Å². The van der Waals surface area contributed by atoms with E-state index in [-0.39, 0.29) is 22.2 Å². The number of carbonyl (C=O) groups excluding carboxylic acids is 1. The number of aryl methyl sites for hydroxylation is 1. The second kappa shape index (κ2) is 6.55. The van der Waals surface area contributed by atoms with Gasteiger partial charge in [0.25, 0.3) is 0 Å². The molecule has 4 rings (SSSR count). The lowest BCUT2D eigenvalue weighted by atomic mass is 10.2. The molecule has 0 unspecified atom stereocenters. The van der Waals surface area contributed by atoms with Crippen LogP contribution >= 0.6 is 0 Å². The van der Waals surface area contributed by atoms with Gasteiger partial charge in [-0.05, 0) is 42.8 Å². The van der Waals surface area contributed by atoms with Crippen molar-refractivity contribution in [2.75, 3.05) is 16.8 Å². The summed E-state index contributed by atoms with van der Waals surface area (Å²) in [5.41, 5.74) is 2.73. The number of para-hydroxylation sites is 3. The lowest BCUT2D eigenvalue weighted by Crippen LogP contribution is -2.33. The summed E-state index contributed by atoms with van der Waals surface area (Å²) < 4.78 is 25.9. The van der Waals surface area contributed by atoms with E-state index in [9.17, 15) is 13.2 Å². The molecule has 0 spiro atoms. The van der Waals surface area contributed by atoms with Gasteiger partial charge in [0, 0.05) is 5.69 Å². The Labute approximate surface area is 158 Å². The van der Waals surface area contributed by atoms with Crippen LogP contribution in [0.1, 0.15) is 5.56 Å². The van der Waals surface area contributed by atoms with Crippen LogP contribution in [-0.4, -0.2) is 20.9 Å². The van der Waals surface area contributed by atoms with Crippen LogP contribution < -0.4 is 10.2 Å². The van der Waals surface area contributed by atoms with Gasteiger partial charge in [-0.3, -0.25) is 4.79 Å². The summed E-state index contributed by atoms with van der Waals surface area (Å²) in [6, 6.07) is 21.1. The lowest BCUT2D eigenvalue weighted by molar-refractivity contribution is -0.114. The van der Waals surface area contributed by atoms with Crippen LogP contribution in [0.5, 0.6) is 0 Å². The number of hydrogen-bond donors (Lipinski definition) is 1. The summed E-state index contributed by atoms with van der Waals surface area (Å²) >= 11 is 0. The number of carbonyl (C=O) groups is 1. The van der Waals surface area contributed by atoms with E-state index in [2.05, 4.69) is 5.32 Å². The molecule has 0 aromatic heterocycles. The van der Waals surface area contributed by atoms with Crippen LogP contribution in [0.15, 0.2) is 82.6 Å². The Morgan fingerprint density at radius 1 is 0.852 bits per heavy atom. The van der Waals surface area contributed by atoms with E-state index in [1.165, 1.54) is 0 Å². The van der Waals surface area contributed by atoms with Gasteiger partial charge in [-0.15, -0.1) is 0 Å². The lowest BCUT2D eigenvalue weighted by Gasteiger charge is -2.32. The smallest absolute Gasteiger partial charge is 0.244 e. The summed E-state index contributed by atoms with van der Waals surface area (Å²) in [7, 11) is -3.61. The van der Waals surface area contributed by atoms with Gasteiger partial charge in [0.2, 0.25) is 15.7 Å². The standard InChI is InChI=1S/C21H18N2O3S/c1-15-8-2-3-9-16(15)22-21(24)14-23-17-10-4-6-12-19(17)27(25,26)20-13-7-5-11-18(20)23/h2-13H,14H2,1H3,(H,22,24). The molecule has 136 valence electrons. The molecule has 0 saturated heterocycles. The molecule has 1 N–H and O–H groups in total. The number of nitrogens with zero attached hydrogens (tertiary/aromatic N) is 1. The monoisotopic (exact) mass is 378 g/mol. The number of amides is 1. The van der Waals surface area contributed by atoms with E-state index < -0.39 is 9.84 Å². The van der Waals surface area contributed by atoms with E-state index >= 15 is 0 Å². The van der Waals surface area contributed by atoms with Gasteiger partial charge < -0.3 is 10.2 Å². The number of nitrogens with one attached hydrogen (secondary N) is 1. The maximum Gasteiger partial charge on any atom is 0.244 e. The van der Waals surface area contributed by atoms with Crippen molar-refractivity contribution in [3.8, 4) is 0 Å². The molecule has 3 aromatic carbocycles. The third kappa shape index (κ3) is 2.98. The molecule has 3 aromatic rings. The number of sulfone groups is 1. The molecule has 27 heavy (non-hydrogen) atoms. The Balaban J connectivity index is 1.73. The van der Waals surface area contributed by atoms with Crippen molar-refractivity contribution in [3.63, 3.8) is 0 Å². The maximum absolute atomic E-state index is 12.9. The van der Waals surface area contributed by atoms with Crippen molar-refractivity contribution < 1.29 is 13.2 Å². The number of hydrogen-bond acceptors (Lipinski definition) is 4. The minimum absolute atomic E-state index is 0.0118. The van der Waals surface area contributed by atoms with Crippen LogP contribution in [0.25, 0.3) is 0 Å². The fourth-order valence-corrected chi connectivity index (χ4v) is 4.94. The Morgan fingerprint density at radius 2 is 1.37 bits per heavy atom. The van der Waals surface area contributed by atoms with Gasteiger partial charge in [0.15, 0.2) is 0 Å². The average Bonchev–Trinajstić information content (AvgIpc) is 2.67. The molecule has 0 saturated carbocycles. The second-order valence-electron chi connectivity index (χ2n) is 6.39. The predicted octanol–water partition coefficient (Wildman–Crippen LogP) is 3.92. The van der Waals surface area contributed by atoms with Gasteiger partial charge in [0.1, 0.15) is 6.54 Å². The van der Waals surface area contributed by atoms with Crippen LogP contribution in [0, 0.1) is 6.92 Å². The predicted molar refractivity (Wildman–Crippen MR) is 105 cm³/mol. The molecule has 0 atom stereocenters. The fourth-order valence-electron chi connectivity index (χ4n) is 3.28. The van der Waals surface area contributed by atoms with E-state index in [1.807, 2.05) is 31.2 Å². The van der Waals surface area contributed by atoms with Crippen molar-refractivity contribution in [2.45, 2.75) is 16.7 Å². The number of benzene rings is 3. The molecule has 0 aliphatic carbocycles. The van der Waals surface area contributed by atoms with Crippen molar-refractivity contribution in [3.05, 3.63) is 78.4 Å². The van der Waals surface area contributed by atoms with E-state index in [0.29, 0.717) is 11.4 Å². The highest BCUT2D eigenvalue weighted by molar-refractivity contribution is 7.92. The minimum atomic E-state index is -3.61. The number of fused-ring (bicyclic) bond motifs is 2. The quantitative estimate of drug-likeness (QED) is 0.750. The van der Waals surface area contributed by atoms with Gasteiger partial charge in [-0.2, -0.15) is 0 Å². The summed E-state index contributed by atoms with van der Waals surface area (Å²) in [6.45, 7) is 1.94. The normalized spacial score (nSPS) is 14.2. The topological polar surface area (TPSA) is 66.5 Å². The Hall–Kier alpha value is -3.12. The first-order valence-electron chi connectivity index (χ1n) is 8.54. The third-order valence-electron chi connectivity index (χ3n) is 4.61. The SMILES string of the molecule is Cc1ccccc1NC(=O)CN1c2ccccc2S(=O)(=O)c2ccccc21. The van der Waals surface area contributed by atoms with Gasteiger partial charge >= 0.3 is 0 Å². The Morgan fingerprint density at radius 3 is 1.96 bits per heavy atom. The average molecular weight is 378 g/mol. The molecule has 5 nitrogen and oxygen atoms in total. The summed E-state index contributed by atoms with van der Waals surface area (Å²) in [6.07, 6.45) is 0. The Kier molecular flexibility index (Phi) is 4.20. The highest BCUT2D eigenvalue weighted by atomic mass is 32.2. The molecule has 0 radical (unpaired) electrons. The first-order valence-corrected chi connectivity index (χ1v) is 10.0. The third-order valence-corrected chi connectivity index (χ3v) is 6.46. The maximum atomic E-state index is 12.9. The molecule has 0 bridgehead atoms. The molecular weight excluding hydrogens is 360 g/mol. The number of rotatable bonds is 3. The first-order chi connectivity index (χ1) is 13.0. The summed E-state index contributed by atoms with van der Waals surface area (Å²) in [5.74, 6) is -0.215. The number of anilines is 3. The van der Waals surface area contributed by atoms with E-state index in [4.69, 9.17) is 0 Å². The van der Waals surface area contributed by atoms with Gasteiger partial charge in [0.05, 0.1) is 21.2 Å². The van der Waals surface area contributed by atoms with Crippen LogP contribution in [0.2, 0.25) is 0 Å².